The molecule has 0 bridgehead atoms. The normalized spacial score (nSPS) is 10.3. The van der Waals surface area contributed by atoms with Gasteiger partial charge in [0, 0.05) is 4.90 Å². The molecule has 17 heavy (non-hydrogen) atoms. The number of hydrogen-bond donors (Lipinski definition) is 1. The summed E-state index contributed by atoms with van der Waals surface area (Å²) < 4.78 is 18.6. The van der Waals surface area contributed by atoms with Crippen molar-refractivity contribution in [3.05, 3.63) is 59.4 Å². The van der Waals surface area contributed by atoms with E-state index in [9.17, 15) is 4.39 Å². The molecule has 0 fully saturated rings. The van der Waals surface area contributed by atoms with Crippen LogP contribution in [-0.4, -0.2) is 0 Å². The number of benzene rings is 2. The van der Waals surface area contributed by atoms with E-state index in [0.29, 0.717) is 6.61 Å². The third-order valence-electron chi connectivity index (χ3n) is 2.55. The molecule has 0 atom stereocenters. The Morgan fingerprint density at radius 3 is 2.65 bits per heavy atom. The number of halogens is 1. The Labute approximate surface area is 106 Å². The maximum absolute atomic E-state index is 12.9. The molecule has 0 aliphatic carbocycles. The zero-order chi connectivity index (χ0) is 12.3. The van der Waals surface area contributed by atoms with Crippen molar-refractivity contribution < 1.29 is 9.13 Å². The Bertz CT molecular complexity index is 525. The molecule has 0 unspecified atom stereocenters. The van der Waals surface area contributed by atoms with Gasteiger partial charge in [0.2, 0.25) is 0 Å². The van der Waals surface area contributed by atoms with Crippen LogP contribution in [0.2, 0.25) is 0 Å². The first-order valence-electron chi connectivity index (χ1n) is 5.32. The third-order valence-corrected chi connectivity index (χ3v) is 2.92. The van der Waals surface area contributed by atoms with E-state index in [1.54, 1.807) is 6.07 Å². The van der Waals surface area contributed by atoms with Crippen molar-refractivity contribution >= 4 is 12.6 Å². The molecule has 0 aromatic heterocycles. The largest absolute Gasteiger partial charge is 0.488 e. The van der Waals surface area contributed by atoms with E-state index in [0.717, 1.165) is 21.8 Å². The van der Waals surface area contributed by atoms with Gasteiger partial charge < -0.3 is 4.74 Å². The third kappa shape index (κ3) is 3.01. The van der Waals surface area contributed by atoms with Crippen molar-refractivity contribution in [3.63, 3.8) is 0 Å². The van der Waals surface area contributed by atoms with Crippen molar-refractivity contribution in [1.82, 2.24) is 0 Å². The molecule has 0 aliphatic rings. The van der Waals surface area contributed by atoms with E-state index in [-0.39, 0.29) is 5.82 Å². The minimum absolute atomic E-state index is 0.221. The van der Waals surface area contributed by atoms with Crippen molar-refractivity contribution in [1.29, 1.82) is 0 Å². The smallest absolute Gasteiger partial charge is 0.133 e. The monoisotopic (exact) mass is 248 g/mol. The summed E-state index contributed by atoms with van der Waals surface area (Å²) in [5, 5.41) is 0. The maximum atomic E-state index is 12.9. The summed E-state index contributed by atoms with van der Waals surface area (Å²) in [4.78, 5) is 0.798. The summed E-state index contributed by atoms with van der Waals surface area (Å²) in [6, 6.07) is 12.2. The van der Waals surface area contributed by atoms with Crippen LogP contribution in [0.5, 0.6) is 5.75 Å². The fourth-order valence-electron chi connectivity index (χ4n) is 1.56. The first kappa shape index (κ1) is 12.0. The lowest BCUT2D eigenvalue weighted by Gasteiger charge is -2.10. The zero-order valence-corrected chi connectivity index (χ0v) is 10.4. The van der Waals surface area contributed by atoms with Gasteiger partial charge >= 0.3 is 0 Å². The quantitative estimate of drug-likeness (QED) is 0.808. The summed E-state index contributed by atoms with van der Waals surface area (Å²) in [6.07, 6.45) is 0. The molecule has 0 saturated carbocycles. The molecule has 2 aromatic carbocycles. The molecule has 0 saturated heterocycles. The number of ether oxygens (including phenoxy) is 1. The highest BCUT2D eigenvalue weighted by atomic mass is 32.1. The first-order chi connectivity index (χ1) is 8.16. The fraction of sp³-hybridized carbons (Fsp3) is 0.143. The Morgan fingerprint density at radius 1 is 1.18 bits per heavy atom. The molecule has 2 rings (SSSR count). The van der Waals surface area contributed by atoms with E-state index in [2.05, 4.69) is 12.6 Å². The van der Waals surface area contributed by atoms with Crippen LogP contribution >= 0.6 is 12.6 Å². The molecule has 0 aliphatic heterocycles. The average Bonchev–Trinajstić information content (AvgIpc) is 2.30. The molecule has 0 N–H and O–H groups in total. The molecule has 2 aromatic rings. The Hall–Kier alpha value is -1.48. The second kappa shape index (κ2) is 5.23. The van der Waals surface area contributed by atoms with E-state index < -0.39 is 0 Å². The zero-order valence-electron chi connectivity index (χ0n) is 9.48. The van der Waals surface area contributed by atoms with Crippen molar-refractivity contribution in [3.8, 4) is 5.75 Å². The van der Waals surface area contributed by atoms with E-state index in [1.165, 1.54) is 12.1 Å². The van der Waals surface area contributed by atoms with E-state index in [4.69, 9.17) is 4.74 Å². The van der Waals surface area contributed by atoms with Gasteiger partial charge in [-0.1, -0.05) is 18.2 Å². The number of hydrogen-bond acceptors (Lipinski definition) is 2. The van der Waals surface area contributed by atoms with Gasteiger partial charge in [-0.15, -0.1) is 12.6 Å². The lowest BCUT2D eigenvalue weighted by molar-refractivity contribution is 0.298. The van der Waals surface area contributed by atoms with Crippen LogP contribution in [0.3, 0.4) is 0 Å². The van der Waals surface area contributed by atoms with Crippen LogP contribution in [0.25, 0.3) is 0 Å². The number of para-hydroxylation sites is 1. The van der Waals surface area contributed by atoms with Gasteiger partial charge in [-0.3, -0.25) is 0 Å². The Balaban J connectivity index is 2.10. The van der Waals surface area contributed by atoms with Gasteiger partial charge in [0.05, 0.1) is 0 Å². The highest BCUT2D eigenvalue weighted by Gasteiger charge is 2.03. The summed E-state index contributed by atoms with van der Waals surface area (Å²) >= 11 is 4.30. The minimum atomic E-state index is -0.221. The molecule has 0 heterocycles. The van der Waals surface area contributed by atoms with Crippen LogP contribution in [0, 0.1) is 12.7 Å². The summed E-state index contributed by atoms with van der Waals surface area (Å²) in [7, 11) is 0. The average molecular weight is 248 g/mol. The molecule has 3 heteroatoms. The summed E-state index contributed by atoms with van der Waals surface area (Å²) in [6.45, 7) is 2.29. The highest BCUT2D eigenvalue weighted by molar-refractivity contribution is 7.80. The van der Waals surface area contributed by atoms with Crippen LogP contribution in [0.1, 0.15) is 11.1 Å². The predicted molar refractivity (Wildman–Crippen MR) is 69.2 cm³/mol. The molecule has 0 radical (unpaired) electrons. The molecule has 0 spiro atoms. The van der Waals surface area contributed by atoms with Crippen molar-refractivity contribution in [2.75, 3.05) is 0 Å². The van der Waals surface area contributed by atoms with Gasteiger partial charge in [-0.25, -0.2) is 4.39 Å². The molecular formula is C14H13FOS. The predicted octanol–water partition coefficient (Wildman–Crippen LogP) is 4.00. The number of aryl methyl sites for hydroxylation is 1. The summed E-state index contributed by atoms with van der Waals surface area (Å²) in [5.74, 6) is 0.514. The second-order valence-corrected chi connectivity index (χ2v) is 4.31. The van der Waals surface area contributed by atoms with Crippen molar-refractivity contribution in [2.45, 2.75) is 18.4 Å². The van der Waals surface area contributed by atoms with Gasteiger partial charge in [0.25, 0.3) is 0 Å². The van der Waals surface area contributed by atoms with Gasteiger partial charge in [-0.2, -0.15) is 0 Å². The standard InChI is InChI=1S/C14H13FOS/c1-10-8-12(15)7-6-11(10)9-16-13-4-2-3-5-14(13)17/h2-8,17H,9H2,1H3. The fourth-order valence-corrected chi connectivity index (χ4v) is 1.78. The number of rotatable bonds is 3. The maximum Gasteiger partial charge on any atom is 0.133 e. The van der Waals surface area contributed by atoms with Crippen LogP contribution in [-0.2, 0) is 6.61 Å². The molecule has 1 nitrogen and oxygen atoms in total. The Morgan fingerprint density at radius 2 is 1.94 bits per heavy atom. The van der Waals surface area contributed by atoms with Gasteiger partial charge in [-0.05, 0) is 42.3 Å². The topological polar surface area (TPSA) is 9.23 Å². The van der Waals surface area contributed by atoms with Gasteiger partial charge in [0.1, 0.15) is 18.2 Å². The van der Waals surface area contributed by atoms with Gasteiger partial charge in [0.15, 0.2) is 0 Å². The minimum Gasteiger partial charge on any atom is -0.488 e. The van der Waals surface area contributed by atoms with E-state index >= 15 is 0 Å². The molecular weight excluding hydrogens is 235 g/mol. The van der Waals surface area contributed by atoms with Crippen LogP contribution < -0.4 is 4.74 Å². The Kier molecular flexibility index (Phi) is 3.69. The lowest BCUT2D eigenvalue weighted by Crippen LogP contribution is -1.98. The second-order valence-electron chi connectivity index (χ2n) is 3.83. The van der Waals surface area contributed by atoms with E-state index in [1.807, 2.05) is 31.2 Å². The highest BCUT2D eigenvalue weighted by Crippen LogP contribution is 2.23. The van der Waals surface area contributed by atoms with Crippen LogP contribution in [0.4, 0.5) is 4.39 Å². The SMILES string of the molecule is Cc1cc(F)ccc1COc1ccccc1S. The van der Waals surface area contributed by atoms with Crippen molar-refractivity contribution in [2.24, 2.45) is 0 Å². The van der Waals surface area contributed by atoms with Crippen LogP contribution in [0.15, 0.2) is 47.4 Å². The summed E-state index contributed by atoms with van der Waals surface area (Å²) in [5.41, 5.74) is 1.87. The lowest BCUT2D eigenvalue weighted by atomic mass is 10.1. The molecule has 0 amide bonds. The first-order valence-corrected chi connectivity index (χ1v) is 5.77. The number of thiol groups is 1. The molecule has 88 valence electrons.